The number of carbonyl (C=O) groups is 4. The number of nitrogens with one attached hydrogen (secondary N) is 3. The molecular formula is C51H77N7O6S. The molecule has 13 nitrogen and oxygen atoms in total. The molecule has 8 atom stereocenters. The first-order valence-corrected chi connectivity index (χ1v) is 24.2. The molecule has 2 heterocycles. The van der Waals surface area contributed by atoms with Crippen molar-refractivity contribution in [3.05, 3.63) is 94.5 Å². The van der Waals surface area contributed by atoms with Gasteiger partial charge in [0.05, 0.1) is 48.7 Å². The van der Waals surface area contributed by atoms with Crippen LogP contribution < -0.4 is 16.0 Å². The van der Waals surface area contributed by atoms with Gasteiger partial charge >= 0.3 is 0 Å². The van der Waals surface area contributed by atoms with E-state index >= 15 is 0 Å². The minimum absolute atomic E-state index is 0.0265. The highest BCUT2D eigenvalue weighted by molar-refractivity contribution is 7.09. The van der Waals surface area contributed by atoms with E-state index in [-0.39, 0.29) is 60.0 Å². The summed E-state index contributed by atoms with van der Waals surface area (Å²) in [5, 5.41) is 12.5. The summed E-state index contributed by atoms with van der Waals surface area (Å²) >= 11 is 1.50. The largest absolute Gasteiger partial charge is 0.383 e. The van der Waals surface area contributed by atoms with Crippen molar-refractivity contribution < 1.29 is 28.7 Å². The van der Waals surface area contributed by atoms with Crippen LogP contribution in [0.1, 0.15) is 103 Å². The van der Waals surface area contributed by atoms with Crippen molar-refractivity contribution in [3.63, 3.8) is 0 Å². The van der Waals surface area contributed by atoms with Crippen molar-refractivity contribution in [1.29, 1.82) is 0 Å². The van der Waals surface area contributed by atoms with Gasteiger partial charge in [0.1, 0.15) is 11.0 Å². The van der Waals surface area contributed by atoms with Crippen molar-refractivity contribution in [2.24, 2.45) is 17.8 Å². The molecular weight excluding hydrogens is 839 g/mol. The highest BCUT2D eigenvalue weighted by atomic mass is 32.1. The van der Waals surface area contributed by atoms with E-state index in [4.69, 9.17) is 9.47 Å². The van der Waals surface area contributed by atoms with Gasteiger partial charge in [-0.2, -0.15) is 0 Å². The molecule has 4 rings (SSSR count). The number of amides is 4. The lowest BCUT2D eigenvalue weighted by Crippen LogP contribution is -2.59. The zero-order valence-corrected chi connectivity index (χ0v) is 41.8. The van der Waals surface area contributed by atoms with E-state index in [0.29, 0.717) is 32.4 Å². The Kier molecular flexibility index (Phi) is 20.6. The highest BCUT2D eigenvalue weighted by Gasteiger charge is 2.43. The highest BCUT2D eigenvalue weighted by Crippen LogP contribution is 2.30. The van der Waals surface area contributed by atoms with Gasteiger partial charge < -0.3 is 35.2 Å². The van der Waals surface area contributed by atoms with Crippen LogP contribution in [0, 0.1) is 17.8 Å². The number of carbonyl (C=O) groups excluding carboxylic acids is 4. The molecule has 1 aliphatic rings. The number of likely N-dealkylation sites (N-methyl/N-ethyl adjacent to an activating group) is 2. The molecule has 0 bridgehead atoms. The van der Waals surface area contributed by atoms with Crippen LogP contribution in [0.5, 0.6) is 0 Å². The first-order valence-electron chi connectivity index (χ1n) is 23.3. The Morgan fingerprint density at radius 3 is 2.17 bits per heavy atom. The summed E-state index contributed by atoms with van der Waals surface area (Å²) in [5.74, 6) is -1.72. The smallest absolute Gasteiger partial charge is 0.245 e. The molecule has 3 N–H and O–H groups in total. The molecule has 0 aliphatic carbocycles. The van der Waals surface area contributed by atoms with E-state index in [1.54, 1.807) is 32.4 Å². The second-order valence-electron chi connectivity index (χ2n) is 18.6. The van der Waals surface area contributed by atoms with Crippen molar-refractivity contribution >= 4 is 40.7 Å². The van der Waals surface area contributed by atoms with E-state index in [2.05, 4.69) is 53.5 Å². The van der Waals surface area contributed by atoms with Gasteiger partial charge in [-0.15, -0.1) is 11.3 Å². The first kappa shape index (κ1) is 53.0. The van der Waals surface area contributed by atoms with Gasteiger partial charge in [-0.25, -0.2) is 4.98 Å². The second-order valence-corrected chi connectivity index (χ2v) is 19.6. The van der Waals surface area contributed by atoms with Crippen LogP contribution >= 0.6 is 11.3 Å². The number of benzene rings is 2. The number of anilines is 1. The third-order valence-electron chi connectivity index (χ3n) is 12.6. The van der Waals surface area contributed by atoms with Crippen molar-refractivity contribution in [2.75, 3.05) is 40.2 Å². The van der Waals surface area contributed by atoms with Crippen LogP contribution in [0.3, 0.4) is 0 Å². The van der Waals surface area contributed by atoms with Gasteiger partial charge in [-0.3, -0.25) is 24.1 Å². The van der Waals surface area contributed by atoms with Gasteiger partial charge in [-0.1, -0.05) is 96.2 Å². The summed E-state index contributed by atoms with van der Waals surface area (Å²) in [6.45, 7) is 21.3. The zero-order valence-electron chi connectivity index (χ0n) is 41.0. The maximum absolute atomic E-state index is 14.6. The number of hydrogen-bond donors (Lipinski definition) is 3. The Labute approximate surface area is 393 Å². The number of aromatic nitrogens is 1. The molecule has 65 heavy (non-hydrogen) atoms. The van der Waals surface area contributed by atoms with E-state index in [9.17, 15) is 19.2 Å². The van der Waals surface area contributed by atoms with E-state index in [0.717, 1.165) is 33.8 Å². The van der Waals surface area contributed by atoms with Crippen LogP contribution in [0.4, 0.5) is 5.69 Å². The molecule has 1 saturated heterocycles. The summed E-state index contributed by atoms with van der Waals surface area (Å²) in [4.78, 5) is 67.3. The second kappa shape index (κ2) is 25.3. The molecule has 0 unspecified atom stereocenters. The lowest BCUT2D eigenvalue weighted by molar-refractivity contribution is -0.145. The van der Waals surface area contributed by atoms with Gasteiger partial charge in [0.2, 0.25) is 23.6 Å². The number of hydrogen-bond acceptors (Lipinski definition) is 10. The summed E-state index contributed by atoms with van der Waals surface area (Å²) in [6, 6.07) is 15.8. The lowest BCUT2D eigenvalue weighted by atomic mass is 9.92. The minimum atomic E-state index is -0.845. The molecule has 0 saturated carbocycles. The molecule has 4 amide bonds. The maximum Gasteiger partial charge on any atom is 0.245 e. The van der Waals surface area contributed by atoms with Gasteiger partial charge in [-0.05, 0) is 81.7 Å². The number of likely N-dealkylation sites (tertiary alicyclic amines) is 1. The standard InChI is InChI=1S/C51H77N7O6S/c1-14-35(8)46(57(11)51(62)44(32(2)3)55-49(61)45(33(4)5)56(10)31-38-22-18-23-39(28-38)53-34(6)7)42(63-12)30-43(59)58-26-19-24-41(58)47(64-13)36(9)48(60)54-40(50-52-25-27-65-50)29-37-20-16-15-17-21-37/h15-18,20-23,25,27-28,32-34,36,40-42,44-47,53H,8,14,19,24,26,29-31H2,1-7,9-13H3,(H,54,60)(H,55,61)/t36-,40+,41+,42-,44+,45+,46+,47-/m1/s1. The molecule has 14 heteroatoms. The normalized spacial score (nSPS) is 17.4. The Balaban J connectivity index is 1.48. The summed E-state index contributed by atoms with van der Waals surface area (Å²) < 4.78 is 12.1. The number of methoxy groups -OCH3 is 2. The molecule has 2 aromatic carbocycles. The quantitative estimate of drug-likeness (QED) is 0.0737. The topological polar surface area (TPSA) is 145 Å². The lowest BCUT2D eigenvalue weighted by Gasteiger charge is -2.39. The first-order chi connectivity index (χ1) is 30.9. The van der Waals surface area contributed by atoms with Gasteiger partial charge in [0.25, 0.3) is 0 Å². The number of rotatable bonds is 25. The molecule has 1 aromatic heterocycles. The number of ether oxygens (including phenoxy) is 2. The Morgan fingerprint density at radius 2 is 1.58 bits per heavy atom. The predicted octanol–water partition coefficient (Wildman–Crippen LogP) is 7.50. The van der Waals surface area contributed by atoms with E-state index in [1.165, 1.54) is 11.3 Å². The van der Waals surface area contributed by atoms with E-state index < -0.39 is 36.3 Å². The zero-order chi connectivity index (χ0) is 48.0. The van der Waals surface area contributed by atoms with Crippen molar-refractivity contribution in [3.8, 4) is 0 Å². The van der Waals surface area contributed by atoms with E-state index in [1.807, 2.05) is 106 Å². The van der Waals surface area contributed by atoms with Crippen LogP contribution in [0.2, 0.25) is 0 Å². The summed E-state index contributed by atoms with van der Waals surface area (Å²) in [7, 11) is 6.78. The number of thiazole rings is 1. The fourth-order valence-corrected chi connectivity index (χ4v) is 9.94. The van der Waals surface area contributed by atoms with Gasteiger partial charge in [0, 0.05) is 57.7 Å². The molecule has 1 aliphatic heterocycles. The van der Waals surface area contributed by atoms with Gasteiger partial charge in [0.15, 0.2) is 0 Å². The number of nitrogens with zero attached hydrogens (tertiary/aromatic N) is 4. The SMILES string of the molecule is C=C(CC)[C@@H]([C@@H](CC(=O)N1CCC[C@H]1[C@H](OC)[C@@H](C)C(=O)N[C@@H](Cc1ccccc1)c1nccs1)OC)N(C)C(=O)[C@@H](NC(=O)[C@H](C(C)C)N(C)Cc1cccc(NC(C)C)c1)C(C)C. The predicted molar refractivity (Wildman–Crippen MR) is 261 cm³/mol. The van der Waals surface area contributed by atoms with Crippen LogP contribution in [0.15, 0.2) is 78.3 Å². The third kappa shape index (κ3) is 14.4. The fourth-order valence-electron chi connectivity index (χ4n) is 9.26. The molecule has 1 fully saturated rings. The third-order valence-corrected chi connectivity index (χ3v) is 13.5. The molecule has 0 spiro atoms. The average Bonchev–Trinajstić information content (AvgIpc) is 3.99. The fraction of sp³-hybridized carbons (Fsp3) is 0.588. The van der Waals surface area contributed by atoms with Crippen LogP contribution in [-0.4, -0.2) is 121 Å². The summed E-state index contributed by atoms with van der Waals surface area (Å²) in [5.41, 5.74) is 3.91. The van der Waals surface area contributed by atoms with Crippen molar-refractivity contribution in [1.82, 2.24) is 30.3 Å². The Hall–Kier alpha value is -4.63. The molecule has 3 aromatic rings. The van der Waals surface area contributed by atoms with Crippen molar-refractivity contribution in [2.45, 2.75) is 142 Å². The van der Waals surface area contributed by atoms with Crippen LogP contribution in [-0.2, 0) is 41.6 Å². The minimum Gasteiger partial charge on any atom is -0.383 e. The monoisotopic (exact) mass is 916 g/mol. The van der Waals surface area contributed by atoms with Crippen LogP contribution in [0.25, 0.3) is 0 Å². The molecule has 0 radical (unpaired) electrons. The maximum atomic E-state index is 14.6. The molecule has 358 valence electrons. The summed E-state index contributed by atoms with van der Waals surface area (Å²) in [6.07, 6.45) is 2.97. The Morgan fingerprint density at radius 1 is 0.892 bits per heavy atom. The average molecular weight is 916 g/mol. The Bertz CT molecular complexity index is 1980.